The number of fused-ring (bicyclic) bond motifs is 4. The number of para-hydroxylation sites is 2. The maximum absolute atomic E-state index is 13.4. The van der Waals surface area contributed by atoms with Gasteiger partial charge in [-0.25, -0.2) is 19.5 Å². The van der Waals surface area contributed by atoms with Crippen molar-refractivity contribution >= 4 is 67.1 Å². The average Bonchev–Trinajstić information content (AvgIpc) is 4.43. The Morgan fingerprint density at radius 3 is 2.08 bits per heavy atom. The molecule has 3 saturated heterocycles. The van der Waals surface area contributed by atoms with Gasteiger partial charge in [-0.15, -0.1) is 0 Å². The Hall–Kier alpha value is -8.91. The maximum atomic E-state index is 13.4. The van der Waals surface area contributed by atoms with Crippen molar-refractivity contribution in [3.8, 4) is 45.3 Å². The highest BCUT2D eigenvalue weighted by molar-refractivity contribution is 6.04. The molecule has 384 valence electrons. The number of hydrogen-bond acceptors (Lipinski definition) is 13. The van der Waals surface area contributed by atoms with Crippen LogP contribution in [0.4, 0.5) is 17.1 Å². The molecule has 0 bridgehead atoms. The van der Waals surface area contributed by atoms with Crippen molar-refractivity contribution < 1.29 is 9.36 Å². The number of rotatable bonds is 11. The van der Waals surface area contributed by atoms with E-state index in [4.69, 9.17) is 20.1 Å². The number of likely N-dealkylation sites (tertiary alicyclic amines) is 1. The molecule has 8 aromatic heterocycles. The van der Waals surface area contributed by atoms with Crippen molar-refractivity contribution in [1.82, 2.24) is 70.0 Å². The summed E-state index contributed by atoms with van der Waals surface area (Å²) in [6.45, 7) is 9.17. The molecule has 19 nitrogen and oxygen atoms in total. The van der Waals surface area contributed by atoms with E-state index in [0.29, 0.717) is 35.1 Å². The molecule has 1 unspecified atom stereocenters. The third-order valence-electron chi connectivity index (χ3n) is 15.7. The van der Waals surface area contributed by atoms with Gasteiger partial charge in [0.2, 0.25) is 0 Å². The summed E-state index contributed by atoms with van der Waals surface area (Å²) in [5.41, 5.74) is 14.8. The van der Waals surface area contributed by atoms with Crippen LogP contribution in [0.5, 0.6) is 0 Å². The Bertz CT molecular complexity index is 4000. The van der Waals surface area contributed by atoms with Crippen LogP contribution in [-0.4, -0.2) is 149 Å². The zero-order valence-corrected chi connectivity index (χ0v) is 42.9. The number of anilines is 3. The van der Waals surface area contributed by atoms with Crippen molar-refractivity contribution in [3.05, 3.63) is 139 Å². The molecule has 11 aromatic rings. The van der Waals surface area contributed by atoms with Gasteiger partial charge in [0.15, 0.2) is 23.5 Å². The predicted octanol–water partition coefficient (Wildman–Crippen LogP) is 7.88. The van der Waals surface area contributed by atoms with E-state index in [9.17, 15) is 4.79 Å². The molecule has 19 heteroatoms. The van der Waals surface area contributed by atoms with Crippen molar-refractivity contribution in [2.75, 3.05) is 88.1 Å². The van der Waals surface area contributed by atoms with E-state index >= 15 is 0 Å². The zero-order chi connectivity index (χ0) is 51.6. The Morgan fingerprint density at radius 2 is 1.31 bits per heavy atom. The van der Waals surface area contributed by atoms with Crippen molar-refractivity contribution in [3.63, 3.8) is 0 Å². The smallest absolute Gasteiger partial charge is 0.359 e. The van der Waals surface area contributed by atoms with Gasteiger partial charge >= 0.3 is 5.65 Å². The van der Waals surface area contributed by atoms with Gasteiger partial charge in [0, 0.05) is 98.4 Å². The highest BCUT2D eigenvalue weighted by Gasteiger charge is 2.35. The molecule has 3 aliphatic heterocycles. The first kappa shape index (κ1) is 46.6. The fourth-order valence-corrected chi connectivity index (χ4v) is 11.5. The molecule has 14 rings (SSSR count). The number of carbonyl (C=O) groups excluding carboxylic acids is 1. The van der Waals surface area contributed by atoms with E-state index in [2.05, 4.69) is 145 Å². The number of piperazine rings is 2. The SMILES string of the molecule is CN1CCN(c2cccc3[nH]c(-c4[nH]nc5c4cc(-c4cncc(NC(=O)c6ccccc6)c4)c[n+]5C4CN(c5cccc6[nH]c(-c7[nH]nc8ncc(-c9cncc(CN%10CCCC%10)c9)cc78)nc56)CCN4C)nc23)CC1. The molecule has 5 N–H and O–H groups in total. The molecule has 1 atom stereocenters. The number of imidazole rings is 2. The summed E-state index contributed by atoms with van der Waals surface area (Å²) >= 11 is 0. The minimum atomic E-state index is -0.206. The summed E-state index contributed by atoms with van der Waals surface area (Å²) in [5.74, 6) is 1.18. The lowest BCUT2D eigenvalue weighted by atomic mass is 10.1. The fraction of sp³-hybridized carbons (Fsp3) is 0.259. The monoisotopic (exact) mass is 1020 g/mol. The first-order chi connectivity index (χ1) is 37.8. The van der Waals surface area contributed by atoms with Crippen molar-refractivity contribution in [2.45, 2.75) is 25.6 Å². The largest absolute Gasteiger partial charge is 0.367 e. The average molecular weight is 1020 g/mol. The molecule has 3 aliphatic rings. The van der Waals surface area contributed by atoms with Crippen LogP contribution in [0.15, 0.2) is 128 Å². The van der Waals surface area contributed by atoms with Gasteiger partial charge in [-0.1, -0.05) is 30.3 Å². The number of benzene rings is 3. The second-order valence-electron chi connectivity index (χ2n) is 20.7. The molecule has 11 heterocycles. The lowest BCUT2D eigenvalue weighted by molar-refractivity contribution is -0.719. The third-order valence-corrected chi connectivity index (χ3v) is 15.7. The van der Waals surface area contributed by atoms with Gasteiger partial charge in [0.25, 0.3) is 5.91 Å². The molecule has 0 aliphatic carbocycles. The van der Waals surface area contributed by atoms with E-state index < -0.39 is 0 Å². The molecule has 3 aromatic carbocycles. The summed E-state index contributed by atoms with van der Waals surface area (Å²) in [6.07, 6.45) is 13.7. The number of aromatic amines is 4. The van der Waals surface area contributed by atoms with Crippen molar-refractivity contribution in [2.24, 2.45) is 0 Å². The lowest BCUT2D eigenvalue weighted by Crippen LogP contribution is -2.59. The quantitative estimate of drug-likeness (QED) is 0.0784. The number of aromatic nitrogens is 12. The number of nitrogens with zero attached hydrogens (tertiary/aromatic N) is 13. The molecular formula is C58H57N18O+. The lowest BCUT2D eigenvalue weighted by Gasteiger charge is -2.39. The first-order valence-electron chi connectivity index (χ1n) is 26.5. The second kappa shape index (κ2) is 19.3. The summed E-state index contributed by atoms with van der Waals surface area (Å²) in [7, 11) is 4.34. The number of nitrogens with one attached hydrogen (secondary N) is 5. The number of likely N-dealkylation sites (N-methyl/N-ethyl adjacent to an activating group) is 2. The summed E-state index contributed by atoms with van der Waals surface area (Å²) in [6, 6.07) is 30.4. The highest BCUT2D eigenvalue weighted by atomic mass is 16.1. The van der Waals surface area contributed by atoms with Crippen LogP contribution in [0.3, 0.4) is 0 Å². The standard InChI is InChI=1S/C58H56N18O/c1-71-18-21-74(22-19-71)47-14-8-12-45-52(47)65-56(64-45)51-44-27-41(39-25-42(32-60-30-39)62-58(77)37-10-4-3-5-11-37)34-76(57(44)70-68-51)49-35-75(23-20-72(49)2)48-15-9-13-46-53(48)66-55(63-46)50-43-26-40(31-61-54(43)69-67-50)38-24-36(28-59-29-38)33-73-16-6-7-17-73/h3-5,8-15,24-32,34,49H,6-7,16-23,33,35H2,1-2H3,(H4,61,62,63,64,65,66,67,68,69,77)/p+1. The van der Waals surface area contributed by atoms with E-state index in [1.165, 1.54) is 18.4 Å². The Labute approximate surface area is 443 Å². The molecule has 0 spiro atoms. The van der Waals surface area contributed by atoms with Crippen LogP contribution in [-0.2, 0) is 6.54 Å². The van der Waals surface area contributed by atoms with Crippen LogP contribution in [0.2, 0.25) is 0 Å². The summed E-state index contributed by atoms with van der Waals surface area (Å²) in [4.78, 5) is 57.4. The zero-order valence-electron chi connectivity index (χ0n) is 42.9. The van der Waals surface area contributed by atoms with Crippen LogP contribution in [0.1, 0.15) is 34.9 Å². The molecule has 77 heavy (non-hydrogen) atoms. The van der Waals surface area contributed by atoms with E-state index in [1.807, 2.05) is 49.1 Å². The Kier molecular flexibility index (Phi) is 11.7. The van der Waals surface area contributed by atoms with Gasteiger partial charge in [-0.05, 0) is 106 Å². The van der Waals surface area contributed by atoms with Gasteiger partial charge in [-0.3, -0.25) is 29.7 Å². The third kappa shape index (κ3) is 8.76. The van der Waals surface area contributed by atoms with E-state index in [1.54, 1.807) is 18.3 Å². The van der Waals surface area contributed by atoms with E-state index in [-0.39, 0.29) is 12.1 Å². The second-order valence-corrected chi connectivity index (χ2v) is 20.7. The summed E-state index contributed by atoms with van der Waals surface area (Å²) in [5, 5.41) is 21.2. The number of amides is 1. The molecule has 0 radical (unpaired) electrons. The molecule has 1 amide bonds. The number of pyridine rings is 4. The number of carbonyl (C=O) groups is 1. The van der Waals surface area contributed by atoms with Crippen molar-refractivity contribution in [1.29, 1.82) is 0 Å². The molecular weight excluding hydrogens is 965 g/mol. The highest BCUT2D eigenvalue weighted by Crippen LogP contribution is 2.36. The summed E-state index contributed by atoms with van der Waals surface area (Å²) < 4.78 is 2.26. The van der Waals surface area contributed by atoms with Crippen LogP contribution in [0.25, 0.3) is 89.4 Å². The van der Waals surface area contributed by atoms with Crippen LogP contribution in [0, 0.1) is 0 Å². The topological polar surface area (TPSA) is 203 Å². The predicted molar refractivity (Wildman–Crippen MR) is 299 cm³/mol. The van der Waals surface area contributed by atoms with Gasteiger partial charge in [0.05, 0.1) is 51.3 Å². The van der Waals surface area contributed by atoms with Gasteiger partial charge in [0.1, 0.15) is 34.0 Å². The Balaban J connectivity index is 0.820. The Morgan fingerprint density at radius 1 is 0.649 bits per heavy atom. The van der Waals surface area contributed by atoms with Gasteiger partial charge in [-0.2, -0.15) is 10.2 Å². The maximum Gasteiger partial charge on any atom is 0.359 e. The first-order valence-corrected chi connectivity index (χ1v) is 26.5. The minimum absolute atomic E-state index is 0.172. The normalized spacial score (nSPS) is 16.9. The molecule has 0 saturated carbocycles. The molecule has 3 fully saturated rings. The van der Waals surface area contributed by atoms with Gasteiger partial charge < -0.3 is 30.0 Å². The number of hydrogen-bond donors (Lipinski definition) is 5. The number of H-pyrrole nitrogens is 4. The fourth-order valence-electron chi connectivity index (χ4n) is 11.5. The minimum Gasteiger partial charge on any atom is -0.367 e. The van der Waals surface area contributed by atoms with E-state index in [0.717, 1.165) is 142 Å². The van der Waals surface area contributed by atoms with Crippen LogP contribution >= 0.6 is 0 Å². The van der Waals surface area contributed by atoms with Crippen LogP contribution < -0.4 is 19.7 Å².